The van der Waals surface area contributed by atoms with Gasteiger partial charge < -0.3 is 14.3 Å². The molecule has 0 spiro atoms. The van der Waals surface area contributed by atoms with E-state index in [1.54, 1.807) is 12.3 Å². The summed E-state index contributed by atoms with van der Waals surface area (Å²) in [5, 5.41) is 1.03. The molecule has 26 heavy (non-hydrogen) atoms. The Kier molecular flexibility index (Phi) is 4.92. The van der Waals surface area contributed by atoms with Crippen molar-refractivity contribution in [2.75, 3.05) is 13.1 Å². The smallest absolute Gasteiger partial charge is 0.223 e. The van der Waals surface area contributed by atoms with Gasteiger partial charge in [0.2, 0.25) is 5.91 Å². The number of hydrogen-bond acceptors (Lipinski definition) is 3. The van der Waals surface area contributed by atoms with E-state index in [0.717, 1.165) is 48.5 Å². The second-order valence-corrected chi connectivity index (χ2v) is 7.45. The zero-order valence-electron chi connectivity index (χ0n) is 14.2. The second-order valence-electron chi connectivity index (χ2n) is 6.64. The monoisotopic (exact) mass is 391 g/mol. The summed E-state index contributed by atoms with van der Waals surface area (Å²) in [7, 11) is 0. The van der Waals surface area contributed by atoms with Gasteiger partial charge in [-0.05, 0) is 37.1 Å². The maximum atomic E-state index is 12.4. The molecule has 0 bridgehead atoms. The van der Waals surface area contributed by atoms with E-state index in [2.05, 4.69) is 9.97 Å². The van der Waals surface area contributed by atoms with Crippen molar-refractivity contribution in [1.29, 1.82) is 0 Å². The Hall–Kier alpha value is -1.98. The number of likely N-dealkylation sites (tertiary alicyclic amines) is 1. The van der Waals surface area contributed by atoms with Crippen LogP contribution in [0.3, 0.4) is 0 Å². The normalized spacial score (nSPS) is 15.7. The molecular formula is C19H19Cl2N3O2. The van der Waals surface area contributed by atoms with Gasteiger partial charge in [-0.3, -0.25) is 4.79 Å². The van der Waals surface area contributed by atoms with Crippen LogP contribution in [0.15, 0.2) is 34.9 Å². The number of imidazole rings is 1. The number of fused-ring (bicyclic) bond motifs is 1. The molecule has 0 atom stereocenters. The molecule has 1 aliphatic rings. The van der Waals surface area contributed by atoms with Crippen LogP contribution in [-0.4, -0.2) is 33.9 Å². The predicted octanol–water partition coefficient (Wildman–Crippen LogP) is 4.80. The van der Waals surface area contributed by atoms with Gasteiger partial charge in [-0.25, -0.2) is 4.98 Å². The Morgan fingerprint density at radius 1 is 1.27 bits per heavy atom. The summed E-state index contributed by atoms with van der Waals surface area (Å²) in [5.74, 6) is 2.30. The number of nitrogens with zero attached hydrogens (tertiary/aromatic N) is 2. The lowest BCUT2D eigenvalue weighted by atomic mass is 9.96. The highest BCUT2D eigenvalue weighted by molar-refractivity contribution is 6.42. The molecule has 1 aliphatic heterocycles. The fourth-order valence-electron chi connectivity index (χ4n) is 3.46. The van der Waals surface area contributed by atoms with Gasteiger partial charge in [-0.15, -0.1) is 0 Å². The summed E-state index contributed by atoms with van der Waals surface area (Å²) in [6, 6.07) is 7.34. The lowest BCUT2D eigenvalue weighted by Crippen LogP contribution is -2.38. The van der Waals surface area contributed by atoms with Crippen molar-refractivity contribution in [3.8, 4) is 0 Å². The van der Waals surface area contributed by atoms with Crippen LogP contribution in [0.5, 0.6) is 0 Å². The van der Waals surface area contributed by atoms with Crippen LogP contribution in [0.25, 0.3) is 11.0 Å². The van der Waals surface area contributed by atoms with Gasteiger partial charge in [0.05, 0.1) is 27.3 Å². The number of halogens is 2. The minimum Gasteiger partial charge on any atom is -0.469 e. The van der Waals surface area contributed by atoms with Crippen molar-refractivity contribution in [2.45, 2.75) is 31.6 Å². The Morgan fingerprint density at radius 2 is 2.04 bits per heavy atom. The van der Waals surface area contributed by atoms with Gasteiger partial charge in [0, 0.05) is 31.8 Å². The highest BCUT2D eigenvalue weighted by Gasteiger charge is 2.25. The number of aromatic amines is 1. The summed E-state index contributed by atoms with van der Waals surface area (Å²) in [6.45, 7) is 1.50. The fraction of sp³-hybridized carbons (Fsp3) is 0.368. The van der Waals surface area contributed by atoms with Gasteiger partial charge in [0.15, 0.2) is 0 Å². The third-order valence-corrected chi connectivity index (χ3v) is 5.66. The number of benzene rings is 1. The number of H-pyrrole nitrogens is 1. The summed E-state index contributed by atoms with van der Waals surface area (Å²) in [5.41, 5.74) is 1.72. The molecule has 7 heteroatoms. The number of piperidine rings is 1. The van der Waals surface area contributed by atoms with Crippen LogP contribution >= 0.6 is 23.2 Å². The van der Waals surface area contributed by atoms with Crippen LogP contribution in [0.4, 0.5) is 0 Å². The lowest BCUT2D eigenvalue weighted by Gasteiger charge is -2.31. The number of amides is 1. The summed E-state index contributed by atoms with van der Waals surface area (Å²) >= 11 is 12.1. The highest BCUT2D eigenvalue weighted by atomic mass is 35.5. The van der Waals surface area contributed by atoms with E-state index >= 15 is 0 Å². The third kappa shape index (κ3) is 3.60. The Balaban J connectivity index is 1.36. The summed E-state index contributed by atoms with van der Waals surface area (Å²) < 4.78 is 5.29. The number of nitrogens with one attached hydrogen (secondary N) is 1. The first kappa shape index (κ1) is 17.4. The van der Waals surface area contributed by atoms with Crippen molar-refractivity contribution in [3.63, 3.8) is 0 Å². The predicted molar refractivity (Wildman–Crippen MR) is 102 cm³/mol. The van der Waals surface area contributed by atoms with Crippen LogP contribution in [0.1, 0.15) is 36.8 Å². The van der Waals surface area contributed by atoms with E-state index in [1.165, 1.54) is 0 Å². The van der Waals surface area contributed by atoms with Crippen molar-refractivity contribution in [3.05, 3.63) is 52.2 Å². The first-order chi connectivity index (χ1) is 12.6. The van der Waals surface area contributed by atoms with E-state index in [1.807, 2.05) is 23.1 Å². The molecule has 0 unspecified atom stereocenters. The average Bonchev–Trinajstić information content (AvgIpc) is 3.30. The van der Waals surface area contributed by atoms with Gasteiger partial charge >= 0.3 is 0 Å². The molecule has 1 N–H and O–H groups in total. The maximum Gasteiger partial charge on any atom is 0.223 e. The lowest BCUT2D eigenvalue weighted by molar-refractivity contribution is -0.132. The molecule has 0 aliphatic carbocycles. The molecule has 3 heterocycles. The molecule has 5 nitrogen and oxygen atoms in total. The Labute approximate surface area is 161 Å². The number of carbonyl (C=O) groups excluding carboxylic acids is 1. The van der Waals surface area contributed by atoms with Crippen molar-refractivity contribution >= 4 is 40.1 Å². The zero-order chi connectivity index (χ0) is 18.1. The van der Waals surface area contributed by atoms with Crippen molar-refractivity contribution in [2.24, 2.45) is 0 Å². The minimum absolute atomic E-state index is 0.183. The number of furan rings is 1. The second kappa shape index (κ2) is 7.33. The molecule has 136 valence electrons. The number of rotatable bonds is 4. The largest absolute Gasteiger partial charge is 0.469 e. The number of carbonyl (C=O) groups is 1. The van der Waals surface area contributed by atoms with Crippen LogP contribution in [-0.2, 0) is 11.2 Å². The van der Waals surface area contributed by atoms with E-state index in [9.17, 15) is 4.79 Å². The Bertz CT molecular complexity index is 873. The molecule has 4 rings (SSSR count). The van der Waals surface area contributed by atoms with Gasteiger partial charge in [-0.1, -0.05) is 23.2 Å². The number of aryl methyl sites for hydroxylation is 1. The van der Waals surface area contributed by atoms with Gasteiger partial charge in [0.25, 0.3) is 0 Å². The molecule has 1 amide bonds. The summed E-state index contributed by atoms with van der Waals surface area (Å²) in [6.07, 6.45) is 4.57. The molecule has 0 saturated carbocycles. The van der Waals surface area contributed by atoms with E-state index in [4.69, 9.17) is 27.6 Å². The fourth-order valence-corrected chi connectivity index (χ4v) is 3.78. The summed E-state index contributed by atoms with van der Waals surface area (Å²) in [4.78, 5) is 22.3. The van der Waals surface area contributed by atoms with Gasteiger partial charge in [0.1, 0.15) is 11.6 Å². The molecule has 2 aromatic heterocycles. The first-order valence-electron chi connectivity index (χ1n) is 8.75. The highest BCUT2D eigenvalue weighted by Crippen LogP contribution is 2.31. The standard InChI is InChI=1S/C19H19Cl2N3O2/c20-14-10-16-17(11-15(14)21)23-19(22-16)12-5-7-24(8-6-12)18(25)4-3-13-2-1-9-26-13/h1-2,9-12H,3-8H2,(H,22,23). The van der Waals surface area contributed by atoms with E-state index in [-0.39, 0.29) is 5.91 Å². The molecule has 1 aromatic carbocycles. The first-order valence-corrected chi connectivity index (χ1v) is 9.50. The molecule has 0 radical (unpaired) electrons. The quantitative estimate of drug-likeness (QED) is 0.694. The molecule has 3 aromatic rings. The zero-order valence-corrected chi connectivity index (χ0v) is 15.7. The molecule has 1 saturated heterocycles. The third-order valence-electron chi connectivity index (χ3n) is 4.94. The topological polar surface area (TPSA) is 62.1 Å². The van der Waals surface area contributed by atoms with Crippen LogP contribution in [0, 0.1) is 0 Å². The van der Waals surface area contributed by atoms with Gasteiger partial charge in [-0.2, -0.15) is 0 Å². The average molecular weight is 392 g/mol. The molecular weight excluding hydrogens is 373 g/mol. The van der Waals surface area contributed by atoms with Crippen molar-refractivity contribution in [1.82, 2.24) is 14.9 Å². The SMILES string of the molecule is O=C(CCc1ccco1)N1CCC(c2nc3cc(Cl)c(Cl)cc3[nH]2)CC1. The van der Waals surface area contributed by atoms with Crippen LogP contribution in [0.2, 0.25) is 10.0 Å². The Morgan fingerprint density at radius 3 is 2.77 bits per heavy atom. The maximum absolute atomic E-state index is 12.4. The van der Waals surface area contributed by atoms with E-state index < -0.39 is 0 Å². The number of hydrogen-bond donors (Lipinski definition) is 1. The van der Waals surface area contributed by atoms with E-state index in [0.29, 0.717) is 28.8 Å². The van der Waals surface area contributed by atoms with Crippen LogP contribution < -0.4 is 0 Å². The minimum atomic E-state index is 0.183. The number of aromatic nitrogens is 2. The molecule has 1 fully saturated rings. The van der Waals surface area contributed by atoms with Crippen molar-refractivity contribution < 1.29 is 9.21 Å².